The van der Waals surface area contributed by atoms with Crippen LogP contribution in [-0.2, 0) is 16.0 Å². The first-order valence-electron chi connectivity index (χ1n) is 7.64. The number of carboxylic acid groups (broad SMARTS) is 1. The fraction of sp³-hybridized carbons (Fsp3) is 0.529. The molecule has 0 radical (unpaired) electrons. The van der Waals surface area contributed by atoms with E-state index in [1.807, 2.05) is 12.1 Å². The van der Waals surface area contributed by atoms with Crippen molar-refractivity contribution < 1.29 is 19.4 Å². The van der Waals surface area contributed by atoms with Gasteiger partial charge in [-0.05, 0) is 57.2 Å². The van der Waals surface area contributed by atoms with Gasteiger partial charge >= 0.3 is 12.1 Å². The fourth-order valence-electron chi connectivity index (χ4n) is 2.85. The molecule has 2 atom stereocenters. The van der Waals surface area contributed by atoms with E-state index in [0.717, 1.165) is 5.56 Å². The van der Waals surface area contributed by atoms with E-state index in [2.05, 4.69) is 0 Å². The van der Waals surface area contributed by atoms with Crippen LogP contribution in [-0.4, -0.2) is 40.3 Å². The summed E-state index contributed by atoms with van der Waals surface area (Å²) in [5.74, 6) is -1.13. The van der Waals surface area contributed by atoms with Gasteiger partial charge in [-0.3, -0.25) is 4.90 Å². The van der Waals surface area contributed by atoms with E-state index in [9.17, 15) is 14.7 Å². The number of carboxylic acids is 1. The molecule has 0 saturated carbocycles. The molecular formula is C17H22ClNO4. The summed E-state index contributed by atoms with van der Waals surface area (Å²) in [5.41, 5.74) is 0.366. The summed E-state index contributed by atoms with van der Waals surface area (Å²) in [7, 11) is 0. The van der Waals surface area contributed by atoms with Crippen molar-refractivity contribution in [3.8, 4) is 0 Å². The third-order valence-corrected chi connectivity index (χ3v) is 4.07. The monoisotopic (exact) mass is 339 g/mol. The molecule has 1 amide bonds. The number of carbonyl (C=O) groups excluding carboxylic acids is 1. The van der Waals surface area contributed by atoms with Crippen LogP contribution >= 0.6 is 11.6 Å². The Hall–Kier alpha value is -1.75. The summed E-state index contributed by atoms with van der Waals surface area (Å²) < 4.78 is 5.32. The Morgan fingerprint density at radius 3 is 2.43 bits per heavy atom. The SMILES string of the molecule is CC(C)(C)OC(=O)N1CC[C@@H](Cc2ccc(Cl)cc2)[C@@H]1C(=O)O. The lowest BCUT2D eigenvalue weighted by molar-refractivity contribution is -0.143. The molecule has 2 rings (SSSR count). The van der Waals surface area contributed by atoms with E-state index in [1.54, 1.807) is 32.9 Å². The second-order valence-electron chi connectivity index (χ2n) is 6.84. The molecule has 1 aromatic carbocycles. The number of hydrogen-bond donors (Lipinski definition) is 1. The first kappa shape index (κ1) is 17.6. The first-order chi connectivity index (χ1) is 10.7. The zero-order chi connectivity index (χ0) is 17.2. The molecule has 1 aliphatic rings. The van der Waals surface area contributed by atoms with Crippen molar-refractivity contribution in [1.82, 2.24) is 4.90 Å². The Balaban J connectivity index is 2.11. The summed E-state index contributed by atoms with van der Waals surface area (Å²) in [6.45, 7) is 5.69. The number of amides is 1. The van der Waals surface area contributed by atoms with Gasteiger partial charge in [0.2, 0.25) is 0 Å². The summed E-state index contributed by atoms with van der Waals surface area (Å²) in [4.78, 5) is 25.2. The van der Waals surface area contributed by atoms with Gasteiger partial charge in [-0.25, -0.2) is 9.59 Å². The quantitative estimate of drug-likeness (QED) is 0.913. The zero-order valence-electron chi connectivity index (χ0n) is 13.6. The molecule has 6 heteroatoms. The van der Waals surface area contributed by atoms with E-state index >= 15 is 0 Å². The number of hydrogen-bond acceptors (Lipinski definition) is 3. The number of rotatable bonds is 3. The van der Waals surface area contributed by atoms with Crippen LogP contribution in [0.3, 0.4) is 0 Å². The van der Waals surface area contributed by atoms with Gasteiger partial charge in [0.05, 0.1) is 0 Å². The molecule has 0 aliphatic carbocycles. The molecule has 1 saturated heterocycles. The average molecular weight is 340 g/mol. The topological polar surface area (TPSA) is 66.8 Å². The third-order valence-electron chi connectivity index (χ3n) is 3.82. The highest BCUT2D eigenvalue weighted by atomic mass is 35.5. The molecule has 126 valence electrons. The van der Waals surface area contributed by atoms with Crippen LogP contribution in [0.1, 0.15) is 32.8 Å². The molecule has 1 fully saturated rings. The summed E-state index contributed by atoms with van der Waals surface area (Å²) >= 11 is 5.87. The minimum atomic E-state index is -0.993. The number of likely N-dealkylation sites (tertiary alicyclic amines) is 1. The number of halogens is 1. The summed E-state index contributed by atoms with van der Waals surface area (Å²) in [6.07, 6.45) is 0.662. The lowest BCUT2D eigenvalue weighted by Crippen LogP contribution is -2.45. The molecule has 0 aromatic heterocycles. The maximum absolute atomic E-state index is 12.2. The van der Waals surface area contributed by atoms with E-state index in [-0.39, 0.29) is 5.92 Å². The van der Waals surface area contributed by atoms with Gasteiger partial charge in [0.25, 0.3) is 0 Å². The molecule has 1 aromatic rings. The summed E-state index contributed by atoms with van der Waals surface area (Å²) in [5, 5.41) is 10.2. The van der Waals surface area contributed by atoms with E-state index in [1.165, 1.54) is 4.90 Å². The largest absolute Gasteiger partial charge is 0.480 e. The molecule has 1 heterocycles. The normalized spacial score (nSPS) is 21.3. The Kier molecular flexibility index (Phi) is 5.19. The van der Waals surface area contributed by atoms with Crippen LogP contribution in [0.15, 0.2) is 24.3 Å². The standard InChI is InChI=1S/C17H22ClNO4/c1-17(2,3)23-16(22)19-9-8-12(14(19)15(20)21)10-11-4-6-13(18)7-5-11/h4-7,12,14H,8-10H2,1-3H3,(H,20,21)/t12-,14+/m0/s1. The van der Waals surface area contributed by atoms with Gasteiger partial charge in [0, 0.05) is 11.6 Å². The van der Waals surface area contributed by atoms with Crippen molar-refractivity contribution in [3.63, 3.8) is 0 Å². The van der Waals surface area contributed by atoms with Crippen LogP contribution in [0.25, 0.3) is 0 Å². The van der Waals surface area contributed by atoms with Crippen LogP contribution < -0.4 is 0 Å². The van der Waals surface area contributed by atoms with Gasteiger partial charge in [0.1, 0.15) is 11.6 Å². The lowest BCUT2D eigenvalue weighted by atomic mass is 9.92. The van der Waals surface area contributed by atoms with Crippen molar-refractivity contribution in [2.75, 3.05) is 6.54 Å². The summed E-state index contributed by atoms with van der Waals surface area (Å²) in [6, 6.07) is 6.48. The molecule has 1 aliphatic heterocycles. The smallest absolute Gasteiger partial charge is 0.411 e. The molecule has 23 heavy (non-hydrogen) atoms. The van der Waals surface area contributed by atoms with E-state index < -0.39 is 23.7 Å². The van der Waals surface area contributed by atoms with Gasteiger partial charge in [-0.15, -0.1) is 0 Å². The highest BCUT2D eigenvalue weighted by molar-refractivity contribution is 6.30. The van der Waals surface area contributed by atoms with Crippen molar-refractivity contribution in [2.45, 2.75) is 45.3 Å². The Labute approximate surface area is 141 Å². The Morgan fingerprint density at radius 1 is 1.30 bits per heavy atom. The van der Waals surface area contributed by atoms with E-state index in [0.29, 0.717) is 24.4 Å². The second-order valence-corrected chi connectivity index (χ2v) is 7.27. The van der Waals surface area contributed by atoms with E-state index in [4.69, 9.17) is 16.3 Å². The van der Waals surface area contributed by atoms with Gasteiger partial charge < -0.3 is 9.84 Å². The highest BCUT2D eigenvalue weighted by Crippen LogP contribution is 2.30. The lowest BCUT2D eigenvalue weighted by Gasteiger charge is -2.28. The van der Waals surface area contributed by atoms with Crippen molar-refractivity contribution >= 4 is 23.7 Å². The first-order valence-corrected chi connectivity index (χ1v) is 8.02. The predicted octanol–water partition coefficient (Wildman–Crippen LogP) is 3.59. The second kappa shape index (κ2) is 6.79. The maximum Gasteiger partial charge on any atom is 0.411 e. The van der Waals surface area contributed by atoms with Gasteiger partial charge in [-0.1, -0.05) is 23.7 Å². The predicted molar refractivity (Wildman–Crippen MR) is 87.6 cm³/mol. The highest BCUT2D eigenvalue weighted by Gasteiger charge is 2.43. The zero-order valence-corrected chi connectivity index (χ0v) is 14.3. The molecule has 1 N–H and O–H groups in total. The number of benzene rings is 1. The maximum atomic E-state index is 12.2. The van der Waals surface area contributed by atoms with Gasteiger partial charge in [-0.2, -0.15) is 0 Å². The van der Waals surface area contributed by atoms with Gasteiger partial charge in [0.15, 0.2) is 0 Å². The Morgan fingerprint density at radius 2 is 1.91 bits per heavy atom. The van der Waals surface area contributed by atoms with Crippen LogP contribution in [0.2, 0.25) is 5.02 Å². The molecule has 0 spiro atoms. The Bertz CT molecular complexity index is 579. The number of nitrogens with zero attached hydrogens (tertiary/aromatic N) is 1. The number of carbonyl (C=O) groups is 2. The van der Waals surface area contributed by atoms with Crippen LogP contribution in [0, 0.1) is 5.92 Å². The number of ether oxygens (including phenoxy) is 1. The minimum absolute atomic E-state index is 0.138. The molecular weight excluding hydrogens is 318 g/mol. The van der Waals surface area contributed by atoms with Crippen LogP contribution in [0.4, 0.5) is 4.79 Å². The molecule has 0 unspecified atom stereocenters. The third kappa shape index (κ3) is 4.61. The number of aliphatic carboxylic acids is 1. The van der Waals surface area contributed by atoms with Crippen LogP contribution in [0.5, 0.6) is 0 Å². The molecule has 5 nitrogen and oxygen atoms in total. The average Bonchev–Trinajstić information content (AvgIpc) is 2.83. The molecule has 0 bridgehead atoms. The van der Waals surface area contributed by atoms with Crippen molar-refractivity contribution in [3.05, 3.63) is 34.9 Å². The minimum Gasteiger partial charge on any atom is -0.480 e. The van der Waals surface area contributed by atoms with Crippen molar-refractivity contribution in [2.24, 2.45) is 5.92 Å². The fourth-order valence-corrected chi connectivity index (χ4v) is 2.98. The van der Waals surface area contributed by atoms with Crippen molar-refractivity contribution in [1.29, 1.82) is 0 Å².